The SMILES string of the molecule is CN=C(NCc1cccc(CN(C)C)c1)NCC1(c2cccc(F)c2)CC1. The summed E-state index contributed by atoms with van der Waals surface area (Å²) in [5.41, 5.74) is 3.63. The Kier molecular flexibility index (Phi) is 6.11. The minimum absolute atomic E-state index is 0.0331. The number of hydrogen-bond donors (Lipinski definition) is 2. The molecule has 2 N–H and O–H groups in total. The van der Waals surface area contributed by atoms with Gasteiger partial charge in [-0.05, 0) is 55.8 Å². The standard InChI is InChI=1S/C22H29FN4/c1-24-21(25-14-17-6-4-7-18(12-17)15-27(2)3)26-16-22(10-11-22)19-8-5-9-20(23)13-19/h4-9,12-13H,10-11,14-16H2,1-3H3,(H2,24,25,26). The summed E-state index contributed by atoms with van der Waals surface area (Å²) in [6, 6.07) is 15.5. The van der Waals surface area contributed by atoms with Gasteiger partial charge in [-0.15, -0.1) is 0 Å². The molecule has 0 amide bonds. The molecule has 0 bridgehead atoms. The van der Waals surface area contributed by atoms with Gasteiger partial charge in [0, 0.05) is 32.1 Å². The van der Waals surface area contributed by atoms with E-state index in [-0.39, 0.29) is 11.2 Å². The van der Waals surface area contributed by atoms with Crippen molar-refractivity contribution in [1.82, 2.24) is 15.5 Å². The maximum Gasteiger partial charge on any atom is 0.191 e. The molecule has 27 heavy (non-hydrogen) atoms. The van der Waals surface area contributed by atoms with Gasteiger partial charge < -0.3 is 15.5 Å². The highest BCUT2D eigenvalue weighted by Gasteiger charge is 2.44. The lowest BCUT2D eigenvalue weighted by Crippen LogP contribution is -2.40. The minimum atomic E-state index is -0.168. The quantitative estimate of drug-likeness (QED) is 0.582. The Bertz CT molecular complexity index is 796. The summed E-state index contributed by atoms with van der Waals surface area (Å²) >= 11 is 0. The second kappa shape index (κ2) is 8.53. The van der Waals surface area contributed by atoms with Gasteiger partial charge in [0.25, 0.3) is 0 Å². The van der Waals surface area contributed by atoms with Crippen LogP contribution in [0.3, 0.4) is 0 Å². The fraction of sp³-hybridized carbons (Fsp3) is 0.409. The number of nitrogens with zero attached hydrogens (tertiary/aromatic N) is 2. The first-order valence-electron chi connectivity index (χ1n) is 9.44. The maximum absolute atomic E-state index is 13.6. The van der Waals surface area contributed by atoms with Gasteiger partial charge in [0.2, 0.25) is 0 Å². The third kappa shape index (κ3) is 5.30. The minimum Gasteiger partial charge on any atom is -0.356 e. The molecule has 5 heteroatoms. The van der Waals surface area contributed by atoms with Crippen molar-refractivity contribution >= 4 is 5.96 Å². The summed E-state index contributed by atoms with van der Waals surface area (Å²) in [5, 5.41) is 6.80. The topological polar surface area (TPSA) is 39.7 Å². The Labute approximate surface area is 161 Å². The van der Waals surface area contributed by atoms with Crippen LogP contribution in [0, 0.1) is 5.82 Å². The van der Waals surface area contributed by atoms with Crippen molar-refractivity contribution in [2.24, 2.45) is 4.99 Å². The number of guanidine groups is 1. The lowest BCUT2D eigenvalue weighted by molar-refractivity contribution is 0.402. The second-order valence-corrected chi connectivity index (χ2v) is 7.63. The highest BCUT2D eigenvalue weighted by molar-refractivity contribution is 5.79. The van der Waals surface area contributed by atoms with Gasteiger partial charge in [-0.2, -0.15) is 0 Å². The average molecular weight is 369 g/mol. The smallest absolute Gasteiger partial charge is 0.191 e. The summed E-state index contributed by atoms with van der Waals surface area (Å²) in [4.78, 5) is 6.49. The normalized spacial score (nSPS) is 15.7. The van der Waals surface area contributed by atoms with Gasteiger partial charge in [-0.1, -0.05) is 36.4 Å². The van der Waals surface area contributed by atoms with Crippen LogP contribution in [0.1, 0.15) is 29.5 Å². The summed E-state index contributed by atoms with van der Waals surface area (Å²) in [5.74, 6) is 0.606. The molecule has 0 atom stereocenters. The third-order valence-electron chi connectivity index (χ3n) is 5.06. The molecule has 0 saturated heterocycles. The van der Waals surface area contributed by atoms with Gasteiger partial charge in [-0.25, -0.2) is 4.39 Å². The van der Waals surface area contributed by atoms with E-state index in [4.69, 9.17) is 0 Å². The van der Waals surface area contributed by atoms with Crippen LogP contribution in [0.5, 0.6) is 0 Å². The molecule has 144 valence electrons. The Morgan fingerprint density at radius 3 is 2.48 bits per heavy atom. The van der Waals surface area contributed by atoms with Crippen molar-refractivity contribution < 1.29 is 4.39 Å². The van der Waals surface area contributed by atoms with Crippen LogP contribution < -0.4 is 10.6 Å². The van der Waals surface area contributed by atoms with E-state index in [9.17, 15) is 4.39 Å². The maximum atomic E-state index is 13.6. The fourth-order valence-electron chi connectivity index (χ4n) is 3.40. The average Bonchev–Trinajstić information content (AvgIpc) is 3.43. The van der Waals surface area contributed by atoms with Crippen LogP contribution in [0.25, 0.3) is 0 Å². The van der Waals surface area contributed by atoms with Crippen molar-refractivity contribution in [3.8, 4) is 0 Å². The van der Waals surface area contributed by atoms with Crippen molar-refractivity contribution in [2.75, 3.05) is 27.7 Å². The molecular weight excluding hydrogens is 339 g/mol. The molecule has 0 spiro atoms. The monoisotopic (exact) mass is 368 g/mol. The predicted octanol–water partition coefficient (Wildman–Crippen LogP) is 3.28. The number of halogens is 1. The molecule has 4 nitrogen and oxygen atoms in total. The zero-order chi connectivity index (χ0) is 19.3. The molecule has 1 aliphatic rings. The first-order chi connectivity index (χ1) is 13.0. The summed E-state index contributed by atoms with van der Waals surface area (Å²) < 4.78 is 13.6. The van der Waals surface area contributed by atoms with E-state index in [1.54, 1.807) is 19.2 Å². The van der Waals surface area contributed by atoms with Crippen LogP contribution >= 0.6 is 0 Å². The molecule has 3 rings (SSSR count). The van der Waals surface area contributed by atoms with Gasteiger partial charge >= 0.3 is 0 Å². The van der Waals surface area contributed by atoms with Gasteiger partial charge in [0.15, 0.2) is 5.96 Å². The molecule has 1 aliphatic carbocycles. The molecule has 0 unspecified atom stereocenters. The van der Waals surface area contributed by atoms with Gasteiger partial charge in [0.1, 0.15) is 5.82 Å². The number of hydrogen-bond acceptors (Lipinski definition) is 2. The zero-order valence-electron chi connectivity index (χ0n) is 16.4. The third-order valence-corrected chi connectivity index (χ3v) is 5.06. The summed E-state index contributed by atoms with van der Waals surface area (Å²) in [7, 11) is 5.92. The van der Waals surface area contributed by atoms with Crippen LogP contribution in [0.15, 0.2) is 53.5 Å². The Balaban J connectivity index is 1.55. The molecule has 1 fully saturated rings. The van der Waals surface area contributed by atoms with E-state index in [1.807, 2.05) is 6.07 Å². The van der Waals surface area contributed by atoms with Crippen molar-refractivity contribution in [3.63, 3.8) is 0 Å². The van der Waals surface area contributed by atoms with Gasteiger partial charge in [0.05, 0.1) is 0 Å². The van der Waals surface area contributed by atoms with Crippen LogP contribution in [0.4, 0.5) is 4.39 Å². The summed E-state index contributed by atoms with van der Waals surface area (Å²) in [6.45, 7) is 2.40. The van der Waals surface area contributed by atoms with Crippen molar-refractivity contribution in [1.29, 1.82) is 0 Å². The summed E-state index contributed by atoms with van der Waals surface area (Å²) in [6.07, 6.45) is 2.15. The first kappa shape index (κ1) is 19.4. The number of rotatable bonds is 7. The van der Waals surface area contributed by atoms with Crippen LogP contribution in [0.2, 0.25) is 0 Å². The van der Waals surface area contributed by atoms with Crippen LogP contribution in [-0.2, 0) is 18.5 Å². The zero-order valence-corrected chi connectivity index (χ0v) is 16.4. The number of nitrogens with one attached hydrogen (secondary N) is 2. The Morgan fingerprint density at radius 1 is 1.07 bits per heavy atom. The van der Waals surface area contributed by atoms with E-state index in [0.717, 1.165) is 37.5 Å². The number of benzene rings is 2. The van der Waals surface area contributed by atoms with E-state index >= 15 is 0 Å². The highest BCUT2D eigenvalue weighted by Crippen LogP contribution is 2.47. The molecule has 0 radical (unpaired) electrons. The van der Waals surface area contributed by atoms with Crippen molar-refractivity contribution in [3.05, 3.63) is 71.0 Å². The van der Waals surface area contributed by atoms with E-state index in [1.165, 1.54) is 17.2 Å². The first-order valence-corrected chi connectivity index (χ1v) is 9.44. The van der Waals surface area contributed by atoms with Crippen LogP contribution in [-0.4, -0.2) is 38.5 Å². The van der Waals surface area contributed by atoms with E-state index in [0.29, 0.717) is 6.54 Å². The predicted molar refractivity (Wildman–Crippen MR) is 109 cm³/mol. The Morgan fingerprint density at radius 2 is 1.81 bits per heavy atom. The van der Waals surface area contributed by atoms with Gasteiger partial charge in [-0.3, -0.25) is 4.99 Å². The van der Waals surface area contributed by atoms with Crippen molar-refractivity contribution in [2.45, 2.75) is 31.3 Å². The van der Waals surface area contributed by atoms with E-state index < -0.39 is 0 Å². The van der Waals surface area contributed by atoms with E-state index in [2.05, 4.69) is 58.9 Å². The molecule has 2 aromatic rings. The lowest BCUT2D eigenvalue weighted by atomic mass is 9.96. The molecule has 2 aromatic carbocycles. The molecule has 0 aromatic heterocycles. The molecule has 0 aliphatic heterocycles. The molecular formula is C22H29FN4. The number of aliphatic imine (C=N–C) groups is 1. The fourth-order valence-corrected chi connectivity index (χ4v) is 3.40. The second-order valence-electron chi connectivity index (χ2n) is 7.63. The largest absolute Gasteiger partial charge is 0.356 e. The molecule has 0 heterocycles. The Hall–Kier alpha value is -2.40. The molecule has 1 saturated carbocycles. The highest BCUT2D eigenvalue weighted by atomic mass is 19.1. The lowest BCUT2D eigenvalue weighted by Gasteiger charge is -2.19.